The van der Waals surface area contributed by atoms with Gasteiger partial charge in [-0.05, 0) is 19.1 Å². The van der Waals surface area contributed by atoms with Gasteiger partial charge in [0.1, 0.15) is 17.5 Å². The molecule has 2 N–H and O–H groups in total. The maximum Gasteiger partial charge on any atom is 0.182 e. The lowest BCUT2D eigenvalue weighted by atomic mass is 10.4. The van der Waals surface area contributed by atoms with Crippen molar-refractivity contribution in [2.45, 2.75) is 13.5 Å². The molecule has 0 unspecified atom stereocenters. The third-order valence-corrected chi connectivity index (χ3v) is 3.41. The van der Waals surface area contributed by atoms with Crippen LogP contribution in [0.3, 0.4) is 0 Å². The summed E-state index contributed by atoms with van der Waals surface area (Å²) in [6.07, 6.45) is 5.14. The minimum Gasteiger partial charge on any atom is -0.362 e. The van der Waals surface area contributed by atoms with E-state index in [4.69, 9.17) is 0 Å². The molecule has 0 aliphatic carbocycles. The Labute approximate surface area is 120 Å². The molecule has 21 heavy (non-hydrogen) atoms. The van der Waals surface area contributed by atoms with Crippen LogP contribution in [0.5, 0.6) is 0 Å². The number of aromatic nitrogens is 6. The molecule has 0 aliphatic rings. The van der Waals surface area contributed by atoms with Crippen molar-refractivity contribution in [1.29, 1.82) is 0 Å². The third-order valence-electron chi connectivity index (χ3n) is 3.41. The lowest BCUT2D eigenvalue weighted by Crippen LogP contribution is -2.02. The van der Waals surface area contributed by atoms with E-state index in [0.29, 0.717) is 12.2 Å². The van der Waals surface area contributed by atoms with Crippen LogP contribution >= 0.6 is 0 Å². The molecule has 0 fully saturated rings. The van der Waals surface area contributed by atoms with Crippen LogP contribution in [-0.4, -0.2) is 29.3 Å². The van der Waals surface area contributed by atoms with Crippen LogP contribution in [0, 0.1) is 6.92 Å². The highest BCUT2D eigenvalue weighted by molar-refractivity contribution is 5.81. The van der Waals surface area contributed by atoms with Crippen LogP contribution < -0.4 is 5.32 Å². The summed E-state index contributed by atoms with van der Waals surface area (Å²) < 4.78 is 2.07. The number of imidazole rings is 2. The number of aromatic amines is 1. The maximum atomic E-state index is 4.59. The second-order valence-corrected chi connectivity index (χ2v) is 4.80. The Balaban J connectivity index is 1.63. The van der Waals surface area contributed by atoms with E-state index in [2.05, 4.69) is 47.6 Å². The predicted octanol–water partition coefficient (Wildman–Crippen LogP) is 1.92. The van der Waals surface area contributed by atoms with Gasteiger partial charge in [-0.25, -0.2) is 19.9 Å². The van der Waals surface area contributed by atoms with E-state index in [-0.39, 0.29) is 0 Å². The van der Waals surface area contributed by atoms with Crippen molar-refractivity contribution in [3.63, 3.8) is 0 Å². The van der Waals surface area contributed by atoms with E-state index >= 15 is 0 Å². The van der Waals surface area contributed by atoms with Gasteiger partial charge in [-0.2, -0.15) is 0 Å². The number of nitrogens with zero attached hydrogens (tertiary/aromatic N) is 5. The molecule has 0 atom stereocenters. The van der Waals surface area contributed by atoms with Gasteiger partial charge < -0.3 is 14.7 Å². The summed E-state index contributed by atoms with van der Waals surface area (Å²) in [4.78, 5) is 20.1. The van der Waals surface area contributed by atoms with Crippen molar-refractivity contribution in [3.05, 3.63) is 48.4 Å². The number of anilines is 1. The van der Waals surface area contributed by atoms with Crippen molar-refractivity contribution in [2.24, 2.45) is 0 Å². The highest BCUT2D eigenvalue weighted by Gasteiger charge is 2.07. The molecule has 4 aromatic heterocycles. The first-order chi connectivity index (χ1) is 10.3. The van der Waals surface area contributed by atoms with E-state index in [1.165, 1.54) is 6.33 Å². The average molecular weight is 279 g/mol. The summed E-state index contributed by atoms with van der Waals surface area (Å²) in [6, 6.07) is 6.06. The Morgan fingerprint density at radius 3 is 3.10 bits per heavy atom. The Morgan fingerprint density at radius 2 is 2.19 bits per heavy atom. The van der Waals surface area contributed by atoms with Crippen LogP contribution in [0.15, 0.2) is 37.1 Å². The zero-order valence-electron chi connectivity index (χ0n) is 11.4. The monoisotopic (exact) mass is 279 g/mol. The molecular formula is C14H13N7. The summed E-state index contributed by atoms with van der Waals surface area (Å²) in [5.74, 6) is 0.728. The molecule has 0 bridgehead atoms. The standard InChI is InChI=1S/C14H13N7/c1-9-3-2-4-11-20-10(6-21(9)11)5-15-13-12-14(17-7-16-12)19-8-18-13/h2-4,6-8H,5H2,1H3,(H2,15,16,17,18,19). The van der Waals surface area contributed by atoms with Crippen molar-refractivity contribution in [1.82, 2.24) is 29.3 Å². The Morgan fingerprint density at radius 1 is 1.24 bits per heavy atom. The fourth-order valence-electron chi connectivity index (χ4n) is 2.36. The van der Waals surface area contributed by atoms with Crippen LogP contribution in [0.2, 0.25) is 0 Å². The fraction of sp³-hybridized carbons (Fsp3) is 0.143. The normalized spacial score (nSPS) is 11.3. The third kappa shape index (κ3) is 1.99. The number of nitrogens with one attached hydrogen (secondary N) is 2. The van der Waals surface area contributed by atoms with Crippen molar-refractivity contribution >= 4 is 22.6 Å². The maximum absolute atomic E-state index is 4.59. The zero-order chi connectivity index (χ0) is 14.2. The number of pyridine rings is 1. The van der Waals surface area contributed by atoms with Crippen LogP contribution in [0.4, 0.5) is 5.82 Å². The molecule has 0 amide bonds. The second-order valence-electron chi connectivity index (χ2n) is 4.80. The molecule has 0 saturated carbocycles. The van der Waals surface area contributed by atoms with Gasteiger partial charge in [0.05, 0.1) is 18.6 Å². The van der Waals surface area contributed by atoms with E-state index in [1.807, 2.05) is 18.3 Å². The summed E-state index contributed by atoms with van der Waals surface area (Å²) in [7, 11) is 0. The van der Waals surface area contributed by atoms with E-state index < -0.39 is 0 Å². The highest BCUT2D eigenvalue weighted by atomic mass is 15.1. The Hall–Kier alpha value is -2.96. The first-order valence-corrected chi connectivity index (χ1v) is 6.63. The quantitative estimate of drug-likeness (QED) is 0.598. The molecule has 0 aromatic carbocycles. The van der Waals surface area contributed by atoms with E-state index in [1.54, 1.807) is 6.33 Å². The molecule has 0 aliphatic heterocycles. The number of rotatable bonds is 3. The molecule has 104 valence electrons. The molecule has 7 nitrogen and oxygen atoms in total. The van der Waals surface area contributed by atoms with Crippen LogP contribution in [0.25, 0.3) is 16.8 Å². The average Bonchev–Trinajstić information content (AvgIpc) is 3.12. The summed E-state index contributed by atoms with van der Waals surface area (Å²) in [5, 5.41) is 3.27. The van der Waals surface area contributed by atoms with Gasteiger partial charge in [0.2, 0.25) is 0 Å². The van der Waals surface area contributed by atoms with E-state index in [0.717, 1.165) is 28.4 Å². The smallest absolute Gasteiger partial charge is 0.182 e. The Kier molecular flexibility index (Phi) is 2.56. The Bertz CT molecular complexity index is 921. The summed E-state index contributed by atoms with van der Waals surface area (Å²) in [6.45, 7) is 2.65. The number of hydrogen-bond acceptors (Lipinski definition) is 5. The molecular weight excluding hydrogens is 266 g/mol. The molecule has 7 heteroatoms. The van der Waals surface area contributed by atoms with Crippen molar-refractivity contribution in [2.75, 3.05) is 5.32 Å². The molecule has 0 spiro atoms. The lowest BCUT2D eigenvalue weighted by molar-refractivity contribution is 1.05. The SMILES string of the molecule is Cc1cccc2nc(CNc3ncnc4nc[nH]c34)cn12. The second kappa shape index (κ2) is 4.55. The van der Waals surface area contributed by atoms with Gasteiger partial charge in [-0.3, -0.25) is 0 Å². The number of hydrogen-bond donors (Lipinski definition) is 2. The molecule has 0 saturated heterocycles. The summed E-state index contributed by atoms with van der Waals surface area (Å²) >= 11 is 0. The lowest BCUT2D eigenvalue weighted by Gasteiger charge is -2.03. The summed E-state index contributed by atoms with van der Waals surface area (Å²) in [5.41, 5.74) is 4.51. The predicted molar refractivity (Wildman–Crippen MR) is 78.9 cm³/mol. The van der Waals surface area contributed by atoms with Crippen molar-refractivity contribution in [3.8, 4) is 0 Å². The number of fused-ring (bicyclic) bond motifs is 2. The number of H-pyrrole nitrogens is 1. The van der Waals surface area contributed by atoms with Gasteiger partial charge in [0, 0.05) is 11.9 Å². The fourth-order valence-corrected chi connectivity index (χ4v) is 2.36. The minimum atomic E-state index is 0.590. The highest BCUT2D eigenvalue weighted by Crippen LogP contribution is 2.16. The van der Waals surface area contributed by atoms with Crippen LogP contribution in [0.1, 0.15) is 11.4 Å². The van der Waals surface area contributed by atoms with Gasteiger partial charge in [0.15, 0.2) is 11.5 Å². The molecule has 4 heterocycles. The van der Waals surface area contributed by atoms with Crippen LogP contribution in [-0.2, 0) is 6.54 Å². The first kappa shape index (κ1) is 11.8. The molecule has 4 aromatic rings. The van der Waals surface area contributed by atoms with E-state index in [9.17, 15) is 0 Å². The molecule has 4 rings (SSSR count). The van der Waals surface area contributed by atoms with Gasteiger partial charge >= 0.3 is 0 Å². The van der Waals surface area contributed by atoms with Gasteiger partial charge in [-0.1, -0.05) is 6.07 Å². The largest absolute Gasteiger partial charge is 0.362 e. The van der Waals surface area contributed by atoms with Gasteiger partial charge in [-0.15, -0.1) is 0 Å². The van der Waals surface area contributed by atoms with Gasteiger partial charge in [0.25, 0.3) is 0 Å². The molecule has 0 radical (unpaired) electrons. The minimum absolute atomic E-state index is 0.590. The zero-order valence-corrected chi connectivity index (χ0v) is 11.4. The topological polar surface area (TPSA) is 83.8 Å². The first-order valence-electron chi connectivity index (χ1n) is 6.63. The number of aryl methyl sites for hydroxylation is 1. The van der Waals surface area contributed by atoms with Crippen molar-refractivity contribution < 1.29 is 0 Å².